The van der Waals surface area contributed by atoms with Crippen LogP contribution in [0.1, 0.15) is 41.5 Å². The number of rotatable bonds is 4. The fourth-order valence-electron chi connectivity index (χ4n) is 4.65. The zero-order valence-corrected chi connectivity index (χ0v) is 17.6. The summed E-state index contributed by atoms with van der Waals surface area (Å²) in [5.74, 6) is 2.64. The van der Waals surface area contributed by atoms with Crippen molar-refractivity contribution >= 4 is 17.7 Å². The Morgan fingerprint density at radius 2 is 1.89 bits per heavy atom. The lowest BCUT2D eigenvalue weighted by Crippen LogP contribution is -2.48. The van der Waals surface area contributed by atoms with Gasteiger partial charge in [-0.3, -0.25) is 14.4 Å². The van der Waals surface area contributed by atoms with Crippen molar-refractivity contribution in [2.24, 2.45) is 0 Å². The van der Waals surface area contributed by atoms with E-state index in [1.165, 1.54) is 42.3 Å². The van der Waals surface area contributed by atoms with Crippen LogP contribution in [-0.2, 0) is 19.4 Å². The monoisotopic (exact) mass is 391 g/mol. The molecule has 1 unspecified atom stereocenters. The number of aromatic nitrogens is 2. The number of fused-ring (bicyclic) bond motifs is 1. The van der Waals surface area contributed by atoms with Crippen LogP contribution in [0.15, 0.2) is 0 Å². The number of carbonyl (C=O) groups excluding carboxylic acids is 1. The number of amides is 1. The average molecular weight is 392 g/mol. The van der Waals surface area contributed by atoms with Crippen molar-refractivity contribution in [2.45, 2.75) is 45.2 Å². The molecule has 27 heavy (non-hydrogen) atoms. The molecular formula is C20H33N5OS. The largest absolute Gasteiger partial charge is 0.335 e. The van der Waals surface area contributed by atoms with Gasteiger partial charge in [-0.15, -0.1) is 0 Å². The molecule has 2 saturated heterocycles. The first kappa shape index (κ1) is 19.3. The number of nitrogens with zero attached hydrogens (tertiary/aromatic N) is 5. The third-order valence-corrected chi connectivity index (χ3v) is 7.25. The molecule has 2 aliphatic heterocycles. The first-order valence-corrected chi connectivity index (χ1v) is 11.7. The summed E-state index contributed by atoms with van der Waals surface area (Å²) in [5, 5.41) is 4.84. The lowest BCUT2D eigenvalue weighted by molar-refractivity contribution is 0.0655. The van der Waals surface area contributed by atoms with Crippen LogP contribution in [-0.4, -0.2) is 94.3 Å². The molecule has 0 spiro atoms. The molecule has 6 nitrogen and oxygen atoms in total. The van der Waals surface area contributed by atoms with E-state index in [-0.39, 0.29) is 5.91 Å². The highest BCUT2D eigenvalue weighted by atomic mass is 32.2. The summed E-state index contributed by atoms with van der Waals surface area (Å²) in [4.78, 5) is 20.3. The molecule has 0 bridgehead atoms. The first-order chi connectivity index (χ1) is 13.2. The van der Waals surface area contributed by atoms with Gasteiger partial charge in [0.05, 0.1) is 0 Å². The van der Waals surface area contributed by atoms with Gasteiger partial charge in [-0.05, 0) is 32.7 Å². The fraction of sp³-hybridized carbons (Fsp3) is 0.800. The number of hydrogen-bond donors (Lipinski definition) is 0. The summed E-state index contributed by atoms with van der Waals surface area (Å²) >= 11 is 2.06. The first-order valence-electron chi connectivity index (χ1n) is 10.6. The average Bonchev–Trinajstić information content (AvgIpc) is 3.07. The highest BCUT2D eigenvalue weighted by molar-refractivity contribution is 7.99. The van der Waals surface area contributed by atoms with E-state index >= 15 is 0 Å². The molecule has 4 rings (SSSR count). The van der Waals surface area contributed by atoms with Gasteiger partial charge in [-0.2, -0.15) is 16.9 Å². The van der Waals surface area contributed by atoms with Crippen LogP contribution < -0.4 is 0 Å². The molecule has 0 aromatic carbocycles. The van der Waals surface area contributed by atoms with Gasteiger partial charge in [-0.25, -0.2) is 0 Å². The van der Waals surface area contributed by atoms with Crippen LogP contribution in [0.4, 0.5) is 0 Å². The van der Waals surface area contributed by atoms with Crippen molar-refractivity contribution in [3.8, 4) is 0 Å². The van der Waals surface area contributed by atoms with Crippen molar-refractivity contribution in [2.75, 3.05) is 57.8 Å². The number of likely N-dealkylation sites (N-methyl/N-ethyl adjacent to an activating group) is 1. The van der Waals surface area contributed by atoms with E-state index in [0.717, 1.165) is 57.7 Å². The van der Waals surface area contributed by atoms with E-state index in [0.29, 0.717) is 6.04 Å². The van der Waals surface area contributed by atoms with E-state index in [1.807, 2.05) is 4.90 Å². The molecule has 2 fully saturated rings. The number of piperazine rings is 1. The van der Waals surface area contributed by atoms with Crippen LogP contribution >= 0.6 is 11.8 Å². The molecule has 3 heterocycles. The Kier molecular flexibility index (Phi) is 6.09. The van der Waals surface area contributed by atoms with Crippen molar-refractivity contribution in [1.82, 2.24) is 24.5 Å². The Bertz CT molecular complexity index is 662. The normalized spacial score (nSPS) is 24.8. The Balaban J connectivity index is 1.57. The molecular weight excluding hydrogens is 358 g/mol. The zero-order valence-electron chi connectivity index (χ0n) is 16.8. The van der Waals surface area contributed by atoms with Crippen molar-refractivity contribution < 1.29 is 4.79 Å². The van der Waals surface area contributed by atoms with E-state index < -0.39 is 0 Å². The maximum absolute atomic E-state index is 13.3. The third kappa shape index (κ3) is 4.05. The number of thioether (sulfide) groups is 1. The summed E-state index contributed by atoms with van der Waals surface area (Å²) < 4.78 is 2.14. The van der Waals surface area contributed by atoms with Crippen LogP contribution in [0.2, 0.25) is 0 Å². The predicted octanol–water partition coefficient (Wildman–Crippen LogP) is 1.59. The Labute approximate surface area is 167 Å². The molecule has 1 aromatic rings. The second-order valence-corrected chi connectivity index (χ2v) is 9.36. The minimum Gasteiger partial charge on any atom is -0.335 e. The second kappa shape index (κ2) is 8.53. The topological polar surface area (TPSA) is 44.6 Å². The molecule has 0 N–H and O–H groups in total. The van der Waals surface area contributed by atoms with Gasteiger partial charge >= 0.3 is 0 Å². The van der Waals surface area contributed by atoms with Crippen LogP contribution in [0.5, 0.6) is 0 Å². The van der Waals surface area contributed by atoms with Gasteiger partial charge in [0.25, 0.3) is 5.91 Å². The molecule has 3 aliphatic rings. The highest BCUT2D eigenvalue weighted by Crippen LogP contribution is 2.30. The molecule has 0 saturated carbocycles. The Morgan fingerprint density at radius 1 is 1.15 bits per heavy atom. The summed E-state index contributed by atoms with van der Waals surface area (Å²) in [6, 6.07) is 0.580. The SMILES string of the molecule is CCCn1nc(C(=O)N2CCN(C)CC2)c2c1CCC(N1CCSCC1)C2. The Hall–Kier alpha value is -1.05. The van der Waals surface area contributed by atoms with Gasteiger partial charge < -0.3 is 9.80 Å². The van der Waals surface area contributed by atoms with E-state index in [9.17, 15) is 4.79 Å². The number of aryl methyl sites for hydroxylation is 1. The lowest BCUT2D eigenvalue weighted by atomic mass is 9.90. The molecule has 7 heteroatoms. The zero-order chi connectivity index (χ0) is 18.8. The number of carbonyl (C=O) groups is 1. The quantitative estimate of drug-likeness (QED) is 0.780. The van der Waals surface area contributed by atoms with Gasteiger partial charge in [0.2, 0.25) is 0 Å². The maximum Gasteiger partial charge on any atom is 0.274 e. The molecule has 0 radical (unpaired) electrons. The fourth-order valence-corrected chi connectivity index (χ4v) is 5.58. The molecule has 150 valence electrons. The van der Waals surface area contributed by atoms with Crippen LogP contribution in [0.25, 0.3) is 0 Å². The van der Waals surface area contributed by atoms with Gasteiger partial charge in [0, 0.05) is 74.6 Å². The maximum atomic E-state index is 13.3. The third-order valence-electron chi connectivity index (χ3n) is 6.31. The standard InChI is InChI=1S/C20H33N5OS/c1-3-6-25-18-5-4-16(23-11-13-27-14-12-23)15-17(18)19(21-25)20(26)24-9-7-22(2)8-10-24/h16H,3-15H2,1-2H3. The highest BCUT2D eigenvalue weighted by Gasteiger charge is 2.34. The lowest BCUT2D eigenvalue weighted by Gasteiger charge is -2.37. The van der Waals surface area contributed by atoms with E-state index in [1.54, 1.807) is 0 Å². The van der Waals surface area contributed by atoms with Crippen molar-refractivity contribution in [3.05, 3.63) is 17.0 Å². The van der Waals surface area contributed by atoms with Gasteiger partial charge in [0.15, 0.2) is 5.69 Å². The van der Waals surface area contributed by atoms with Crippen molar-refractivity contribution in [3.63, 3.8) is 0 Å². The van der Waals surface area contributed by atoms with Crippen LogP contribution in [0, 0.1) is 0 Å². The van der Waals surface area contributed by atoms with E-state index in [4.69, 9.17) is 5.10 Å². The molecule has 1 amide bonds. The molecule has 1 aliphatic carbocycles. The van der Waals surface area contributed by atoms with Crippen LogP contribution in [0.3, 0.4) is 0 Å². The van der Waals surface area contributed by atoms with Gasteiger partial charge in [0.1, 0.15) is 0 Å². The minimum absolute atomic E-state index is 0.157. The summed E-state index contributed by atoms with van der Waals surface area (Å²) in [7, 11) is 2.13. The van der Waals surface area contributed by atoms with E-state index in [2.05, 4.69) is 40.2 Å². The minimum atomic E-state index is 0.157. The second-order valence-electron chi connectivity index (χ2n) is 8.14. The predicted molar refractivity (Wildman–Crippen MR) is 111 cm³/mol. The summed E-state index contributed by atoms with van der Waals surface area (Å²) in [5.41, 5.74) is 3.33. The van der Waals surface area contributed by atoms with Crippen molar-refractivity contribution in [1.29, 1.82) is 0 Å². The Morgan fingerprint density at radius 3 is 2.59 bits per heavy atom. The molecule has 1 aromatic heterocycles. The summed E-state index contributed by atoms with van der Waals surface area (Å²) in [6.07, 6.45) is 4.32. The molecule has 1 atom stereocenters. The number of hydrogen-bond acceptors (Lipinski definition) is 5. The summed E-state index contributed by atoms with van der Waals surface area (Å²) in [6.45, 7) is 9.03. The smallest absolute Gasteiger partial charge is 0.274 e. The van der Waals surface area contributed by atoms with Gasteiger partial charge in [-0.1, -0.05) is 6.92 Å².